The summed E-state index contributed by atoms with van der Waals surface area (Å²) in [6, 6.07) is 8.29. The van der Waals surface area contributed by atoms with Crippen molar-refractivity contribution in [2.24, 2.45) is 0 Å². The largest absolute Gasteiger partial charge is 0.461 e. The molecular formula is C14H19NO. The summed E-state index contributed by atoms with van der Waals surface area (Å²) >= 11 is 0. The quantitative estimate of drug-likeness (QED) is 0.848. The zero-order valence-electron chi connectivity index (χ0n) is 10.2. The van der Waals surface area contributed by atoms with Crippen molar-refractivity contribution in [3.8, 4) is 0 Å². The highest BCUT2D eigenvalue weighted by Gasteiger charge is 2.18. The molecule has 2 rings (SSSR count). The fourth-order valence-electron chi connectivity index (χ4n) is 2.39. The lowest BCUT2D eigenvalue weighted by atomic mass is 9.94. The maximum absolute atomic E-state index is 5.80. The van der Waals surface area contributed by atoms with Crippen LogP contribution in [0.1, 0.15) is 30.6 Å². The number of nitrogens with one attached hydrogen (secondary N) is 1. The molecule has 0 amide bonds. The van der Waals surface area contributed by atoms with Crippen molar-refractivity contribution in [1.29, 1.82) is 0 Å². The fraction of sp³-hybridized carbons (Fsp3) is 0.429. The Kier molecular flexibility index (Phi) is 3.30. The lowest BCUT2D eigenvalue weighted by Gasteiger charge is -2.14. The highest BCUT2D eigenvalue weighted by atomic mass is 16.3. The molecule has 1 unspecified atom stereocenters. The van der Waals surface area contributed by atoms with Crippen LogP contribution in [-0.2, 0) is 0 Å². The number of para-hydroxylation sites is 1. The molecule has 1 atom stereocenters. The minimum absolute atomic E-state index is 0.536. The van der Waals surface area contributed by atoms with Crippen LogP contribution in [0.25, 0.3) is 11.0 Å². The van der Waals surface area contributed by atoms with Gasteiger partial charge in [-0.2, -0.15) is 0 Å². The average Bonchev–Trinajstić information content (AvgIpc) is 2.62. The van der Waals surface area contributed by atoms with E-state index in [0.717, 1.165) is 24.3 Å². The Morgan fingerprint density at radius 3 is 2.75 bits per heavy atom. The van der Waals surface area contributed by atoms with Crippen LogP contribution in [0.15, 0.2) is 28.7 Å². The second-order valence-electron chi connectivity index (χ2n) is 4.23. The Balaban J connectivity index is 2.53. The van der Waals surface area contributed by atoms with Crippen molar-refractivity contribution in [2.45, 2.75) is 26.2 Å². The van der Waals surface area contributed by atoms with Gasteiger partial charge in [-0.1, -0.05) is 25.1 Å². The summed E-state index contributed by atoms with van der Waals surface area (Å²) in [6.07, 6.45) is 1.13. The highest BCUT2D eigenvalue weighted by Crippen LogP contribution is 2.32. The van der Waals surface area contributed by atoms with E-state index >= 15 is 0 Å². The monoisotopic (exact) mass is 217 g/mol. The van der Waals surface area contributed by atoms with Gasteiger partial charge in [-0.25, -0.2) is 0 Å². The van der Waals surface area contributed by atoms with Crippen LogP contribution < -0.4 is 5.32 Å². The van der Waals surface area contributed by atoms with E-state index in [1.807, 2.05) is 19.2 Å². The van der Waals surface area contributed by atoms with Crippen LogP contribution in [0.2, 0.25) is 0 Å². The van der Waals surface area contributed by atoms with E-state index in [2.05, 4.69) is 31.3 Å². The number of rotatable bonds is 4. The molecule has 0 spiro atoms. The first-order chi connectivity index (χ1) is 7.77. The Labute approximate surface area is 96.6 Å². The maximum atomic E-state index is 5.80. The first kappa shape index (κ1) is 11.2. The van der Waals surface area contributed by atoms with Crippen LogP contribution in [0.4, 0.5) is 0 Å². The van der Waals surface area contributed by atoms with Crippen molar-refractivity contribution in [2.75, 3.05) is 13.6 Å². The van der Waals surface area contributed by atoms with Crippen molar-refractivity contribution in [3.63, 3.8) is 0 Å². The van der Waals surface area contributed by atoms with E-state index < -0.39 is 0 Å². The smallest absolute Gasteiger partial charge is 0.134 e. The van der Waals surface area contributed by atoms with E-state index in [1.165, 1.54) is 10.9 Å². The normalized spacial score (nSPS) is 13.2. The standard InChI is InChI=1S/C14H19NO/c1-4-11(9-15-3)14-10(2)16-13-8-6-5-7-12(13)14/h5-8,11,15H,4,9H2,1-3H3. The zero-order valence-corrected chi connectivity index (χ0v) is 10.2. The van der Waals surface area contributed by atoms with Gasteiger partial charge in [0.15, 0.2) is 0 Å². The van der Waals surface area contributed by atoms with Gasteiger partial charge in [0.1, 0.15) is 11.3 Å². The van der Waals surface area contributed by atoms with Gasteiger partial charge < -0.3 is 9.73 Å². The zero-order chi connectivity index (χ0) is 11.5. The maximum Gasteiger partial charge on any atom is 0.134 e. The van der Waals surface area contributed by atoms with E-state index in [0.29, 0.717) is 5.92 Å². The predicted octanol–water partition coefficient (Wildman–Crippen LogP) is 3.45. The molecule has 86 valence electrons. The first-order valence-corrected chi connectivity index (χ1v) is 5.90. The number of hydrogen-bond acceptors (Lipinski definition) is 2. The number of furan rings is 1. The Bertz CT molecular complexity index is 473. The second kappa shape index (κ2) is 4.71. The van der Waals surface area contributed by atoms with Crippen LogP contribution in [-0.4, -0.2) is 13.6 Å². The minimum atomic E-state index is 0.536. The molecule has 0 fully saturated rings. The predicted molar refractivity (Wildman–Crippen MR) is 67.9 cm³/mol. The third kappa shape index (κ3) is 1.85. The van der Waals surface area contributed by atoms with E-state index in [4.69, 9.17) is 4.42 Å². The second-order valence-corrected chi connectivity index (χ2v) is 4.23. The van der Waals surface area contributed by atoms with E-state index in [1.54, 1.807) is 0 Å². The van der Waals surface area contributed by atoms with Crippen molar-refractivity contribution in [3.05, 3.63) is 35.6 Å². The number of likely N-dealkylation sites (N-methyl/N-ethyl adjacent to an activating group) is 1. The van der Waals surface area contributed by atoms with Crippen LogP contribution in [0.3, 0.4) is 0 Å². The van der Waals surface area contributed by atoms with Gasteiger partial charge in [0.25, 0.3) is 0 Å². The van der Waals surface area contributed by atoms with Gasteiger partial charge in [0.2, 0.25) is 0 Å². The SMILES string of the molecule is CCC(CNC)c1c(C)oc2ccccc12. The number of hydrogen-bond donors (Lipinski definition) is 1. The molecule has 1 aromatic heterocycles. The summed E-state index contributed by atoms with van der Waals surface area (Å²) in [5.41, 5.74) is 2.37. The summed E-state index contributed by atoms with van der Waals surface area (Å²) in [6.45, 7) is 5.29. The number of aryl methyl sites for hydroxylation is 1. The Hall–Kier alpha value is -1.28. The molecule has 0 aliphatic rings. The molecule has 2 heteroatoms. The molecule has 1 heterocycles. The molecule has 0 saturated heterocycles. The van der Waals surface area contributed by atoms with Gasteiger partial charge in [-0.15, -0.1) is 0 Å². The Morgan fingerprint density at radius 2 is 2.06 bits per heavy atom. The summed E-state index contributed by atoms with van der Waals surface area (Å²) in [7, 11) is 2.00. The molecule has 0 saturated carbocycles. The summed E-state index contributed by atoms with van der Waals surface area (Å²) < 4.78 is 5.80. The molecule has 2 aromatic rings. The lowest BCUT2D eigenvalue weighted by Crippen LogP contribution is -2.16. The van der Waals surface area contributed by atoms with Crippen molar-refractivity contribution >= 4 is 11.0 Å². The van der Waals surface area contributed by atoms with Crippen LogP contribution >= 0.6 is 0 Å². The third-order valence-corrected chi connectivity index (χ3v) is 3.17. The van der Waals surface area contributed by atoms with E-state index in [-0.39, 0.29) is 0 Å². The Morgan fingerprint density at radius 1 is 1.31 bits per heavy atom. The van der Waals surface area contributed by atoms with Gasteiger partial charge in [0, 0.05) is 23.4 Å². The van der Waals surface area contributed by atoms with Gasteiger partial charge in [-0.3, -0.25) is 0 Å². The molecule has 1 N–H and O–H groups in total. The molecule has 0 bridgehead atoms. The van der Waals surface area contributed by atoms with Gasteiger partial charge >= 0.3 is 0 Å². The van der Waals surface area contributed by atoms with Gasteiger partial charge in [0.05, 0.1) is 0 Å². The molecule has 2 nitrogen and oxygen atoms in total. The third-order valence-electron chi connectivity index (χ3n) is 3.17. The van der Waals surface area contributed by atoms with E-state index in [9.17, 15) is 0 Å². The highest BCUT2D eigenvalue weighted by molar-refractivity contribution is 5.82. The summed E-state index contributed by atoms with van der Waals surface area (Å²) in [4.78, 5) is 0. The van der Waals surface area contributed by atoms with Gasteiger partial charge in [-0.05, 0) is 26.5 Å². The average molecular weight is 217 g/mol. The molecule has 0 aliphatic carbocycles. The molecule has 16 heavy (non-hydrogen) atoms. The molecule has 0 radical (unpaired) electrons. The molecule has 1 aromatic carbocycles. The summed E-state index contributed by atoms with van der Waals surface area (Å²) in [5.74, 6) is 1.59. The topological polar surface area (TPSA) is 25.2 Å². The minimum Gasteiger partial charge on any atom is -0.461 e. The first-order valence-electron chi connectivity index (χ1n) is 5.90. The number of benzene rings is 1. The van der Waals surface area contributed by atoms with Crippen molar-refractivity contribution in [1.82, 2.24) is 5.32 Å². The summed E-state index contributed by atoms with van der Waals surface area (Å²) in [5, 5.41) is 4.52. The van der Waals surface area contributed by atoms with Crippen LogP contribution in [0, 0.1) is 6.92 Å². The van der Waals surface area contributed by atoms with Crippen molar-refractivity contribution < 1.29 is 4.42 Å². The molecular weight excluding hydrogens is 198 g/mol. The molecule has 0 aliphatic heterocycles. The fourth-order valence-corrected chi connectivity index (χ4v) is 2.39. The lowest BCUT2D eigenvalue weighted by molar-refractivity contribution is 0.547. The number of fused-ring (bicyclic) bond motifs is 1. The van der Waals surface area contributed by atoms with Crippen LogP contribution in [0.5, 0.6) is 0 Å².